The molecule has 0 amide bonds. The number of benzene rings is 1. The fourth-order valence-electron chi connectivity index (χ4n) is 5.87. The lowest BCUT2D eigenvalue weighted by molar-refractivity contribution is -0.217. The van der Waals surface area contributed by atoms with E-state index in [2.05, 4.69) is 20.8 Å². The van der Waals surface area contributed by atoms with Crippen molar-refractivity contribution in [1.82, 2.24) is 0 Å². The quantitative estimate of drug-likeness (QED) is 0.784. The van der Waals surface area contributed by atoms with E-state index in [-0.39, 0.29) is 39.7 Å². The van der Waals surface area contributed by atoms with Gasteiger partial charge in [-0.05, 0) is 51.4 Å². The maximum Gasteiger partial charge on any atom is 0.167 e. The van der Waals surface area contributed by atoms with Crippen LogP contribution in [0.2, 0.25) is 0 Å². The maximum absolute atomic E-state index is 12.3. The summed E-state index contributed by atoms with van der Waals surface area (Å²) in [6.07, 6.45) is 2.67. The first-order valence-electron chi connectivity index (χ1n) is 9.31. The van der Waals surface area contributed by atoms with Gasteiger partial charge in [-0.3, -0.25) is 9.59 Å². The fraction of sp³-hybridized carbons (Fsp3) is 0.619. The van der Waals surface area contributed by atoms with E-state index < -0.39 is 17.1 Å². The molecule has 0 radical (unpaired) electrons. The molecule has 26 heavy (non-hydrogen) atoms. The molecular formula is C21H26O5. The van der Waals surface area contributed by atoms with Crippen molar-refractivity contribution in [1.29, 1.82) is 0 Å². The maximum atomic E-state index is 12.3. The number of carbonyl (C=O) groups excluding carboxylic acids is 2. The summed E-state index contributed by atoms with van der Waals surface area (Å²) in [5, 5.41) is 21.2. The summed E-state index contributed by atoms with van der Waals surface area (Å²) >= 11 is 0. The van der Waals surface area contributed by atoms with Gasteiger partial charge in [0, 0.05) is 17.4 Å². The number of hydrogen-bond acceptors (Lipinski definition) is 5. The predicted molar refractivity (Wildman–Crippen MR) is 96.0 cm³/mol. The third-order valence-electron chi connectivity index (χ3n) is 7.52. The van der Waals surface area contributed by atoms with Gasteiger partial charge in [0.2, 0.25) is 0 Å². The Hall–Kier alpha value is -2.04. The lowest BCUT2D eigenvalue weighted by Crippen LogP contribution is -2.67. The van der Waals surface area contributed by atoms with Gasteiger partial charge in [-0.1, -0.05) is 13.8 Å². The SMILES string of the molecule is CC(=O)c1c(O)c2c(c(C(C)=O)c1O)O[C@@]1(C)[C@@H](C2)C[C@H]2C[C@@H]1C2(C)C. The number of rotatable bonds is 2. The molecule has 5 rings (SSSR count). The Morgan fingerprint density at radius 2 is 1.58 bits per heavy atom. The molecule has 3 saturated carbocycles. The molecule has 0 aromatic heterocycles. The second-order valence-electron chi connectivity index (χ2n) is 9.10. The molecular weight excluding hydrogens is 332 g/mol. The molecule has 5 nitrogen and oxygen atoms in total. The summed E-state index contributed by atoms with van der Waals surface area (Å²) in [7, 11) is 0. The van der Waals surface area contributed by atoms with Crippen molar-refractivity contribution in [2.24, 2.45) is 23.2 Å². The number of ketones is 2. The zero-order valence-corrected chi connectivity index (χ0v) is 16.0. The third-order valence-corrected chi connectivity index (χ3v) is 7.52. The lowest BCUT2D eigenvalue weighted by Gasteiger charge is -2.67. The Balaban J connectivity index is 1.93. The Bertz CT molecular complexity index is 853. The van der Waals surface area contributed by atoms with Crippen molar-refractivity contribution in [2.75, 3.05) is 0 Å². The minimum Gasteiger partial charge on any atom is -0.507 e. The van der Waals surface area contributed by atoms with Crippen LogP contribution < -0.4 is 4.74 Å². The molecule has 140 valence electrons. The predicted octanol–water partition coefficient (Wildman–Crippen LogP) is 3.88. The molecule has 3 aliphatic carbocycles. The Morgan fingerprint density at radius 3 is 2.12 bits per heavy atom. The van der Waals surface area contributed by atoms with Gasteiger partial charge >= 0.3 is 0 Å². The largest absolute Gasteiger partial charge is 0.507 e. The summed E-state index contributed by atoms with van der Waals surface area (Å²) in [6, 6.07) is 0. The second kappa shape index (κ2) is 5.02. The van der Waals surface area contributed by atoms with Gasteiger partial charge in [0.05, 0.1) is 0 Å². The average Bonchev–Trinajstić information content (AvgIpc) is 2.51. The molecule has 0 spiro atoms. The van der Waals surface area contributed by atoms with Gasteiger partial charge < -0.3 is 14.9 Å². The van der Waals surface area contributed by atoms with Crippen LogP contribution in [0.1, 0.15) is 73.7 Å². The molecule has 4 aliphatic rings. The standard InChI is InChI=1S/C21H26O5/c1-9(22)15-17(24)13-7-12-6-11-8-14(20(11,3)4)21(12,5)26-19(13)16(10(2)23)18(15)25/h11-12,14,24-25H,6-8H2,1-5H3/t11-,12+,14+,21-/m0/s1. The molecule has 2 bridgehead atoms. The van der Waals surface area contributed by atoms with Gasteiger partial charge in [-0.25, -0.2) is 0 Å². The van der Waals surface area contributed by atoms with Crippen LogP contribution in [0.15, 0.2) is 0 Å². The van der Waals surface area contributed by atoms with Crippen LogP contribution >= 0.6 is 0 Å². The molecule has 0 unspecified atom stereocenters. The molecule has 1 aromatic carbocycles. The number of hydrogen-bond donors (Lipinski definition) is 2. The fourth-order valence-corrected chi connectivity index (χ4v) is 5.87. The van der Waals surface area contributed by atoms with Crippen molar-refractivity contribution < 1.29 is 24.5 Å². The van der Waals surface area contributed by atoms with Crippen LogP contribution in [0.25, 0.3) is 0 Å². The summed E-state index contributed by atoms with van der Waals surface area (Å²) in [5.74, 6) is -0.0613. The van der Waals surface area contributed by atoms with Crippen LogP contribution in [0, 0.1) is 23.2 Å². The first-order chi connectivity index (χ1) is 12.0. The van der Waals surface area contributed by atoms with E-state index in [1.165, 1.54) is 13.8 Å². The first-order valence-corrected chi connectivity index (χ1v) is 9.31. The van der Waals surface area contributed by atoms with Gasteiger partial charge in [0.25, 0.3) is 0 Å². The van der Waals surface area contributed by atoms with Gasteiger partial charge in [0.15, 0.2) is 11.6 Å². The van der Waals surface area contributed by atoms with Crippen LogP contribution in [0.3, 0.4) is 0 Å². The molecule has 2 N–H and O–H groups in total. The normalized spacial score (nSPS) is 33.3. The second-order valence-corrected chi connectivity index (χ2v) is 9.10. The molecule has 1 aromatic rings. The van der Waals surface area contributed by atoms with E-state index in [0.717, 1.165) is 12.8 Å². The van der Waals surface area contributed by atoms with Crippen molar-refractivity contribution in [2.45, 2.75) is 59.5 Å². The summed E-state index contributed by atoms with van der Waals surface area (Å²) in [6.45, 7) is 9.26. The van der Waals surface area contributed by atoms with E-state index in [0.29, 0.717) is 23.8 Å². The Kier molecular flexibility index (Phi) is 3.36. The van der Waals surface area contributed by atoms with Gasteiger partial charge in [0.1, 0.15) is 34.0 Å². The van der Waals surface area contributed by atoms with Gasteiger partial charge in [-0.2, -0.15) is 0 Å². The Labute approximate surface area is 153 Å². The van der Waals surface area contributed by atoms with Crippen LogP contribution in [-0.4, -0.2) is 27.4 Å². The average molecular weight is 358 g/mol. The smallest absolute Gasteiger partial charge is 0.167 e. The van der Waals surface area contributed by atoms with Crippen molar-refractivity contribution in [3.63, 3.8) is 0 Å². The number of Topliss-reactive ketones (excluding diaryl/α,β-unsaturated/α-hetero) is 2. The van der Waals surface area contributed by atoms with Crippen LogP contribution in [-0.2, 0) is 6.42 Å². The molecule has 1 heterocycles. The van der Waals surface area contributed by atoms with Crippen molar-refractivity contribution in [3.8, 4) is 17.2 Å². The number of fused-ring (bicyclic) bond motifs is 1. The first kappa shape index (κ1) is 17.4. The third kappa shape index (κ3) is 1.92. The molecule has 0 saturated heterocycles. The number of aromatic hydroxyl groups is 2. The highest BCUT2D eigenvalue weighted by atomic mass is 16.5. The topological polar surface area (TPSA) is 83.8 Å². The minimum absolute atomic E-state index is 0.0157. The van der Waals surface area contributed by atoms with E-state index >= 15 is 0 Å². The van der Waals surface area contributed by atoms with Crippen LogP contribution in [0.4, 0.5) is 0 Å². The van der Waals surface area contributed by atoms with Crippen molar-refractivity contribution >= 4 is 11.6 Å². The van der Waals surface area contributed by atoms with Crippen LogP contribution in [0.5, 0.6) is 17.2 Å². The summed E-state index contributed by atoms with van der Waals surface area (Å²) in [4.78, 5) is 24.2. The lowest BCUT2D eigenvalue weighted by atomic mass is 9.41. The van der Waals surface area contributed by atoms with Crippen molar-refractivity contribution in [3.05, 3.63) is 16.7 Å². The monoisotopic (exact) mass is 358 g/mol. The zero-order valence-electron chi connectivity index (χ0n) is 16.0. The molecule has 3 fully saturated rings. The van der Waals surface area contributed by atoms with Gasteiger partial charge in [-0.15, -0.1) is 0 Å². The van der Waals surface area contributed by atoms with E-state index in [1.807, 2.05) is 0 Å². The van der Waals surface area contributed by atoms with E-state index in [1.54, 1.807) is 0 Å². The number of phenolic OH excluding ortho intramolecular Hbond substituents is 2. The van der Waals surface area contributed by atoms with E-state index in [4.69, 9.17) is 4.74 Å². The van der Waals surface area contributed by atoms with E-state index in [9.17, 15) is 19.8 Å². The molecule has 4 atom stereocenters. The zero-order chi connectivity index (χ0) is 19.2. The molecule has 5 heteroatoms. The highest BCUT2D eigenvalue weighted by Crippen LogP contribution is 2.67. The highest BCUT2D eigenvalue weighted by molar-refractivity contribution is 6.08. The molecule has 1 aliphatic heterocycles. The number of ether oxygens (including phenoxy) is 1. The summed E-state index contributed by atoms with van der Waals surface area (Å²) < 4.78 is 6.45. The minimum atomic E-state index is -0.468. The number of phenols is 2. The Morgan fingerprint density at radius 1 is 0.962 bits per heavy atom. The number of carbonyl (C=O) groups is 2. The highest BCUT2D eigenvalue weighted by Gasteiger charge is 2.66. The summed E-state index contributed by atoms with van der Waals surface area (Å²) in [5.41, 5.74) is 0.0680.